The fourth-order valence-electron chi connectivity index (χ4n) is 2.34. The van der Waals surface area contributed by atoms with Crippen LogP contribution in [0.25, 0.3) is 11.1 Å². The lowest BCUT2D eigenvalue weighted by Gasteiger charge is -2.07. The Bertz CT molecular complexity index is 852. The Morgan fingerprint density at radius 1 is 1.27 bits per heavy atom. The normalized spacial score (nSPS) is 10.8. The molecule has 0 atom stereocenters. The van der Waals surface area contributed by atoms with E-state index in [9.17, 15) is 4.79 Å². The second-order valence-electron chi connectivity index (χ2n) is 5.34. The molecule has 3 aromatic rings. The zero-order valence-corrected chi connectivity index (χ0v) is 12.5. The van der Waals surface area contributed by atoms with Gasteiger partial charge in [-0.15, -0.1) is 0 Å². The number of carbonyl (C=O) groups is 1. The highest BCUT2D eigenvalue weighted by atomic mass is 16.4. The van der Waals surface area contributed by atoms with E-state index >= 15 is 0 Å². The van der Waals surface area contributed by atoms with Gasteiger partial charge in [0.1, 0.15) is 5.52 Å². The van der Waals surface area contributed by atoms with E-state index < -0.39 is 0 Å². The van der Waals surface area contributed by atoms with Gasteiger partial charge in [-0.25, -0.2) is 0 Å². The first-order valence-electron chi connectivity index (χ1n) is 7.04. The summed E-state index contributed by atoms with van der Waals surface area (Å²) in [6, 6.07) is 11.9. The van der Waals surface area contributed by atoms with Crippen molar-refractivity contribution in [3.8, 4) is 0 Å². The molecule has 5 nitrogen and oxygen atoms in total. The average molecular weight is 295 g/mol. The molecule has 0 aliphatic carbocycles. The lowest BCUT2D eigenvalue weighted by atomic mass is 10.1. The minimum atomic E-state index is -0.368. The fourth-order valence-corrected chi connectivity index (χ4v) is 2.34. The van der Waals surface area contributed by atoms with E-state index in [2.05, 4.69) is 23.3 Å². The number of primary amides is 1. The minimum absolute atomic E-state index is 0.191. The molecule has 0 saturated carbocycles. The number of rotatable bonds is 4. The molecule has 22 heavy (non-hydrogen) atoms. The van der Waals surface area contributed by atoms with Gasteiger partial charge in [-0.3, -0.25) is 4.79 Å². The van der Waals surface area contributed by atoms with Crippen molar-refractivity contribution in [1.29, 1.82) is 0 Å². The van der Waals surface area contributed by atoms with Crippen molar-refractivity contribution in [2.24, 2.45) is 5.73 Å². The molecule has 3 rings (SSSR count). The summed E-state index contributed by atoms with van der Waals surface area (Å²) in [5.41, 5.74) is 10.7. The Balaban J connectivity index is 1.91. The van der Waals surface area contributed by atoms with Crippen LogP contribution in [0.4, 0.5) is 11.7 Å². The monoisotopic (exact) mass is 295 g/mol. The van der Waals surface area contributed by atoms with E-state index in [-0.39, 0.29) is 12.3 Å². The van der Waals surface area contributed by atoms with Gasteiger partial charge in [-0.1, -0.05) is 18.2 Å². The highest BCUT2D eigenvalue weighted by molar-refractivity contribution is 5.80. The van der Waals surface area contributed by atoms with Crippen LogP contribution >= 0.6 is 0 Å². The Kier molecular flexibility index (Phi) is 3.55. The first kappa shape index (κ1) is 14.1. The Morgan fingerprint density at radius 2 is 2.09 bits per heavy atom. The van der Waals surface area contributed by atoms with Crippen molar-refractivity contribution in [2.45, 2.75) is 20.3 Å². The van der Waals surface area contributed by atoms with Crippen LogP contribution in [0.2, 0.25) is 0 Å². The molecule has 112 valence electrons. The Hall–Kier alpha value is -2.82. The van der Waals surface area contributed by atoms with Crippen LogP contribution in [-0.4, -0.2) is 10.9 Å². The van der Waals surface area contributed by atoms with Crippen LogP contribution in [0.5, 0.6) is 0 Å². The number of hydrogen-bond acceptors (Lipinski definition) is 4. The molecule has 0 spiro atoms. The van der Waals surface area contributed by atoms with Crippen LogP contribution in [-0.2, 0) is 11.2 Å². The molecule has 2 aromatic carbocycles. The van der Waals surface area contributed by atoms with Gasteiger partial charge in [0.05, 0.1) is 6.42 Å². The zero-order chi connectivity index (χ0) is 15.7. The summed E-state index contributed by atoms with van der Waals surface area (Å²) >= 11 is 0. The molecule has 1 amide bonds. The van der Waals surface area contributed by atoms with E-state index in [4.69, 9.17) is 10.2 Å². The maximum atomic E-state index is 11.0. The van der Waals surface area contributed by atoms with Crippen molar-refractivity contribution < 1.29 is 9.21 Å². The lowest BCUT2D eigenvalue weighted by Crippen LogP contribution is -2.13. The second-order valence-corrected chi connectivity index (χ2v) is 5.34. The highest BCUT2D eigenvalue weighted by Gasteiger charge is 2.09. The molecule has 0 bridgehead atoms. The molecule has 1 heterocycles. The SMILES string of the molecule is Cc1cccc(Nc2nc3ccc(CC(N)=O)cc3o2)c1C. The van der Waals surface area contributed by atoms with Crippen molar-refractivity contribution in [3.05, 3.63) is 53.1 Å². The van der Waals surface area contributed by atoms with E-state index in [1.807, 2.05) is 31.2 Å². The molecule has 0 radical (unpaired) electrons. The number of nitrogens with one attached hydrogen (secondary N) is 1. The zero-order valence-electron chi connectivity index (χ0n) is 12.5. The molecular weight excluding hydrogens is 278 g/mol. The van der Waals surface area contributed by atoms with Gasteiger partial charge in [0.15, 0.2) is 5.58 Å². The molecular formula is C17H17N3O2. The summed E-state index contributed by atoms with van der Waals surface area (Å²) < 4.78 is 5.71. The number of amides is 1. The van der Waals surface area contributed by atoms with Crippen molar-refractivity contribution >= 4 is 28.7 Å². The number of oxazole rings is 1. The number of anilines is 2. The van der Waals surface area contributed by atoms with Gasteiger partial charge in [0, 0.05) is 5.69 Å². The third-order valence-corrected chi connectivity index (χ3v) is 3.68. The smallest absolute Gasteiger partial charge is 0.300 e. The maximum Gasteiger partial charge on any atom is 0.300 e. The van der Waals surface area contributed by atoms with E-state index in [0.717, 1.165) is 22.3 Å². The number of aryl methyl sites for hydroxylation is 1. The molecule has 1 aromatic heterocycles. The number of fused-ring (bicyclic) bond motifs is 1. The highest BCUT2D eigenvalue weighted by Crippen LogP contribution is 2.26. The van der Waals surface area contributed by atoms with Gasteiger partial charge in [0.2, 0.25) is 5.91 Å². The number of nitrogens with two attached hydrogens (primary N) is 1. The predicted molar refractivity (Wildman–Crippen MR) is 86.1 cm³/mol. The second kappa shape index (κ2) is 5.52. The van der Waals surface area contributed by atoms with Crippen molar-refractivity contribution in [1.82, 2.24) is 4.98 Å². The summed E-state index contributed by atoms with van der Waals surface area (Å²) in [4.78, 5) is 15.4. The molecule has 0 aliphatic heterocycles. The van der Waals surface area contributed by atoms with E-state index in [0.29, 0.717) is 11.6 Å². The number of aromatic nitrogens is 1. The third-order valence-electron chi connectivity index (χ3n) is 3.68. The molecule has 0 fully saturated rings. The first-order chi connectivity index (χ1) is 10.5. The number of benzene rings is 2. The van der Waals surface area contributed by atoms with Crippen LogP contribution in [0.1, 0.15) is 16.7 Å². The topological polar surface area (TPSA) is 81.1 Å². The number of carbonyl (C=O) groups excluding carboxylic acids is 1. The molecule has 0 aliphatic rings. The van der Waals surface area contributed by atoms with Gasteiger partial charge in [-0.05, 0) is 48.7 Å². The van der Waals surface area contributed by atoms with E-state index in [1.54, 1.807) is 6.07 Å². The minimum Gasteiger partial charge on any atom is -0.423 e. The van der Waals surface area contributed by atoms with Gasteiger partial charge >= 0.3 is 0 Å². The molecule has 0 unspecified atom stereocenters. The fraction of sp³-hybridized carbons (Fsp3) is 0.176. The molecule has 0 saturated heterocycles. The molecule has 3 N–H and O–H groups in total. The average Bonchev–Trinajstić information content (AvgIpc) is 2.85. The maximum absolute atomic E-state index is 11.0. The molecule has 5 heteroatoms. The summed E-state index contributed by atoms with van der Waals surface area (Å²) in [5, 5.41) is 3.19. The van der Waals surface area contributed by atoms with Gasteiger partial charge in [0.25, 0.3) is 6.01 Å². The number of hydrogen-bond donors (Lipinski definition) is 2. The largest absolute Gasteiger partial charge is 0.423 e. The number of nitrogens with zero attached hydrogens (tertiary/aromatic N) is 1. The van der Waals surface area contributed by atoms with Crippen molar-refractivity contribution in [3.63, 3.8) is 0 Å². The first-order valence-corrected chi connectivity index (χ1v) is 7.04. The quantitative estimate of drug-likeness (QED) is 0.774. The van der Waals surface area contributed by atoms with Crippen LogP contribution < -0.4 is 11.1 Å². The predicted octanol–water partition coefficient (Wildman–Crippen LogP) is 3.22. The van der Waals surface area contributed by atoms with Gasteiger partial charge in [-0.2, -0.15) is 4.98 Å². The Morgan fingerprint density at radius 3 is 2.86 bits per heavy atom. The summed E-state index contributed by atoms with van der Waals surface area (Å²) in [5.74, 6) is -0.368. The Labute approximate surface area is 128 Å². The van der Waals surface area contributed by atoms with Crippen LogP contribution in [0.15, 0.2) is 40.8 Å². The lowest BCUT2D eigenvalue weighted by molar-refractivity contribution is -0.117. The van der Waals surface area contributed by atoms with Crippen molar-refractivity contribution in [2.75, 3.05) is 5.32 Å². The standard InChI is InChI=1S/C17H17N3O2/c1-10-4-3-5-13(11(10)2)19-17-20-14-7-6-12(9-16(18)21)8-15(14)22-17/h3-8H,9H2,1-2H3,(H2,18,21)(H,19,20). The summed E-state index contributed by atoms with van der Waals surface area (Å²) in [6.45, 7) is 4.11. The van der Waals surface area contributed by atoms with Crippen LogP contribution in [0.3, 0.4) is 0 Å². The summed E-state index contributed by atoms with van der Waals surface area (Å²) in [6.07, 6.45) is 0.191. The third kappa shape index (κ3) is 2.79. The van der Waals surface area contributed by atoms with Crippen LogP contribution in [0, 0.1) is 13.8 Å². The van der Waals surface area contributed by atoms with Gasteiger partial charge < -0.3 is 15.5 Å². The van der Waals surface area contributed by atoms with E-state index in [1.165, 1.54) is 5.56 Å². The summed E-state index contributed by atoms with van der Waals surface area (Å²) in [7, 11) is 0.